The number of carbonyl (C=O) groups is 2. The zero-order valence-corrected chi connectivity index (χ0v) is 36.1. The first-order valence-corrected chi connectivity index (χ1v) is 22.5. The Kier molecular flexibility index (Phi) is 31.9. The smallest absolute Gasteiger partial charge is 0.306 e. The summed E-state index contributed by atoms with van der Waals surface area (Å²) in [5.41, 5.74) is 0. The zero-order valence-electron chi connectivity index (χ0n) is 35.2. The van der Waals surface area contributed by atoms with Crippen LogP contribution in [0.2, 0.25) is 0 Å². The fourth-order valence-electron chi connectivity index (χ4n) is 5.31. The Hall–Kier alpha value is -4.21. The van der Waals surface area contributed by atoms with E-state index in [2.05, 4.69) is 32.1 Å². The average Bonchev–Trinajstić information content (AvgIpc) is 3.21. The molecule has 0 saturated carbocycles. The number of rotatable bonds is 31. The second-order valence-electron chi connectivity index (χ2n) is 13.8. The molecule has 1 heterocycles. The van der Waals surface area contributed by atoms with Gasteiger partial charge in [0.1, 0.15) is 36.8 Å². The van der Waals surface area contributed by atoms with Crippen molar-refractivity contribution < 1.29 is 56.8 Å². The Labute approximate surface area is 358 Å². The van der Waals surface area contributed by atoms with E-state index in [0.717, 1.165) is 51.4 Å². The summed E-state index contributed by atoms with van der Waals surface area (Å²) in [6, 6.07) is 0. The summed E-state index contributed by atoms with van der Waals surface area (Å²) in [5, 5.41) is 30.8. The third-order valence-electron chi connectivity index (χ3n) is 8.51. The Balaban J connectivity index is 2.56. The molecular weight excluding hydrogens is 789 g/mol. The van der Waals surface area contributed by atoms with Crippen LogP contribution in [0.3, 0.4) is 0 Å². The predicted molar refractivity (Wildman–Crippen MR) is 237 cm³/mol. The molecule has 0 aromatic carbocycles. The number of ether oxygens (including phenoxy) is 4. The van der Waals surface area contributed by atoms with Crippen LogP contribution >= 0.6 is 0 Å². The van der Waals surface area contributed by atoms with Gasteiger partial charge in [-0.1, -0.05) is 160 Å². The molecule has 1 aliphatic heterocycles. The summed E-state index contributed by atoms with van der Waals surface area (Å²) in [6.07, 6.45) is 42.1. The van der Waals surface area contributed by atoms with Crippen molar-refractivity contribution in [3.8, 4) is 0 Å². The summed E-state index contributed by atoms with van der Waals surface area (Å²) >= 11 is 0. The molecule has 0 amide bonds. The molecule has 60 heavy (non-hydrogen) atoms. The summed E-state index contributed by atoms with van der Waals surface area (Å²) in [6.45, 7) is 3.35. The van der Waals surface area contributed by atoms with Gasteiger partial charge >= 0.3 is 11.9 Å². The van der Waals surface area contributed by atoms with E-state index in [9.17, 15) is 37.9 Å². The van der Waals surface area contributed by atoms with Gasteiger partial charge in [-0.3, -0.25) is 14.1 Å². The summed E-state index contributed by atoms with van der Waals surface area (Å²) in [4.78, 5) is 25.3. The fraction of sp³-hybridized carbons (Fsp3) is 0.489. The monoisotopic (exact) mass is 856 g/mol. The van der Waals surface area contributed by atoms with Crippen LogP contribution in [0.5, 0.6) is 0 Å². The second-order valence-corrected chi connectivity index (χ2v) is 15.3. The van der Waals surface area contributed by atoms with Gasteiger partial charge < -0.3 is 34.3 Å². The predicted octanol–water partition coefficient (Wildman–Crippen LogP) is 7.99. The number of aliphatic hydroxyl groups is 3. The molecule has 0 spiro atoms. The molecule has 1 rings (SSSR count). The first kappa shape index (κ1) is 53.8. The number of carbonyl (C=O) groups excluding carboxylic acids is 2. The lowest BCUT2D eigenvalue weighted by molar-refractivity contribution is -0.297. The van der Waals surface area contributed by atoms with Gasteiger partial charge in [0.15, 0.2) is 12.4 Å². The van der Waals surface area contributed by atoms with Crippen LogP contribution in [-0.4, -0.2) is 96.0 Å². The van der Waals surface area contributed by atoms with Gasteiger partial charge in [-0.15, -0.1) is 0 Å². The van der Waals surface area contributed by atoms with Gasteiger partial charge in [0.25, 0.3) is 10.1 Å². The Morgan fingerprint density at radius 2 is 1.00 bits per heavy atom. The Bertz CT molecular complexity index is 1610. The van der Waals surface area contributed by atoms with Crippen molar-refractivity contribution >= 4 is 22.1 Å². The van der Waals surface area contributed by atoms with Crippen molar-refractivity contribution in [2.45, 2.75) is 128 Å². The molecule has 1 saturated heterocycles. The van der Waals surface area contributed by atoms with Crippen LogP contribution in [0.4, 0.5) is 0 Å². The maximum absolute atomic E-state index is 12.8. The average molecular weight is 857 g/mol. The molecule has 4 N–H and O–H groups in total. The number of hydrogen-bond acceptors (Lipinski definition) is 11. The van der Waals surface area contributed by atoms with Gasteiger partial charge in [0, 0.05) is 12.8 Å². The summed E-state index contributed by atoms with van der Waals surface area (Å²) in [7, 11) is -4.62. The van der Waals surface area contributed by atoms with E-state index >= 15 is 0 Å². The van der Waals surface area contributed by atoms with E-state index in [1.807, 2.05) is 115 Å². The molecule has 3 unspecified atom stereocenters. The van der Waals surface area contributed by atoms with Crippen molar-refractivity contribution in [3.05, 3.63) is 134 Å². The molecule has 12 nitrogen and oxygen atoms in total. The van der Waals surface area contributed by atoms with E-state index in [1.54, 1.807) is 0 Å². The topological polar surface area (TPSA) is 186 Å². The minimum atomic E-state index is -4.62. The molecule has 0 aromatic rings. The number of hydrogen-bond donors (Lipinski definition) is 4. The SMILES string of the molecule is CC/C=C/C=C/C=C/C=C/C=C/C=C/C=C/CCCCCC(=O)OCC(CO[C@H]1O[C@H](CS(=O)(=O)O)[C@@H](O)C(O)C1O)OC(=O)CCCCC/C=C/C=C/C=C/C=C/CC. The van der Waals surface area contributed by atoms with Crippen LogP contribution in [-0.2, 0) is 38.7 Å². The third-order valence-corrected chi connectivity index (χ3v) is 9.26. The molecule has 0 bridgehead atoms. The normalized spacial score (nSPS) is 21.5. The maximum atomic E-state index is 12.8. The summed E-state index contributed by atoms with van der Waals surface area (Å²) < 4.78 is 53.9. The molecule has 0 aromatic heterocycles. The minimum absolute atomic E-state index is 0.0973. The zero-order chi connectivity index (χ0) is 44.1. The van der Waals surface area contributed by atoms with Gasteiger partial charge in [-0.25, -0.2) is 0 Å². The standard InChI is InChI=1S/C47H68O12S/c1-3-5-7-9-11-13-15-17-18-19-20-21-22-24-25-27-29-31-33-35-42(48)56-37-40(38-57-47-46(52)45(51)44(50)41(59-47)39-60(53,54)55)58-43(49)36-34-32-30-28-26-23-16-14-12-10-8-6-4-2/h5-26,40-41,44-47,50-52H,3-4,27-39H2,1-2H3,(H,53,54,55)/b7-5+,8-6+,11-9+,12-10+,15-13+,16-14+,18-17+,20-19+,22-21+,25-24+,26-23+/t40?,41-,44-,45?,46?,47+/m1/s1. The summed E-state index contributed by atoms with van der Waals surface area (Å²) in [5.74, 6) is -2.12. The highest BCUT2D eigenvalue weighted by molar-refractivity contribution is 7.85. The maximum Gasteiger partial charge on any atom is 0.306 e. The number of esters is 2. The van der Waals surface area contributed by atoms with Crippen LogP contribution in [0, 0.1) is 0 Å². The molecule has 6 atom stereocenters. The lowest BCUT2D eigenvalue weighted by atomic mass is 10.00. The second kappa shape index (κ2) is 35.5. The quantitative estimate of drug-likeness (QED) is 0.0228. The first-order valence-electron chi connectivity index (χ1n) is 20.9. The van der Waals surface area contributed by atoms with Crippen molar-refractivity contribution in [1.82, 2.24) is 0 Å². The minimum Gasteiger partial charge on any atom is -0.462 e. The van der Waals surface area contributed by atoms with Gasteiger partial charge in [0.05, 0.1) is 6.61 Å². The fourth-order valence-corrected chi connectivity index (χ4v) is 6.01. The molecule has 1 aliphatic rings. The molecule has 1 fully saturated rings. The highest BCUT2D eigenvalue weighted by Gasteiger charge is 2.46. The van der Waals surface area contributed by atoms with E-state index in [0.29, 0.717) is 12.8 Å². The van der Waals surface area contributed by atoms with E-state index in [-0.39, 0.29) is 19.4 Å². The number of unbranched alkanes of at least 4 members (excludes halogenated alkanes) is 6. The third kappa shape index (κ3) is 29.9. The van der Waals surface area contributed by atoms with Crippen molar-refractivity contribution in [3.63, 3.8) is 0 Å². The number of aliphatic hydroxyl groups excluding tert-OH is 3. The van der Waals surface area contributed by atoms with Gasteiger partial charge in [0.2, 0.25) is 0 Å². The van der Waals surface area contributed by atoms with E-state index < -0.39 is 71.2 Å². The van der Waals surface area contributed by atoms with E-state index in [4.69, 9.17) is 18.9 Å². The highest BCUT2D eigenvalue weighted by atomic mass is 32.2. The lowest BCUT2D eigenvalue weighted by Gasteiger charge is -2.40. The first-order chi connectivity index (χ1) is 29.0. The van der Waals surface area contributed by atoms with Gasteiger partial charge in [-0.2, -0.15) is 8.42 Å². The number of allylic oxidation sites excluding steroid dienone is 22. The van der Waals surface area contributed by atoms with Gasteiger partial charge in [-0.05, 0) is 51.4 Å². The molecular formula is C47H68O12S. The molecule has 0 radical (unpaired) electrons. The molecule has 13 heteroatoms. The van der Waals surface area contributed by atoms with Crippen LogP contribution in [0.25, 0.3) is 0 Å². The highest BCUT2D eigenvalue weighted by Crippen LogP contribution is 2.23. The van der Waals surface area contributed by atoms with Crippen molar-refractivity contribution in [2.24, 2.45) is 0 Å². The largest absolute Gasteiger partial charge is 0.462 e. The van der Waals surface area contributed by atoms with E-state index in [1.165, 1.54) is 0 Å². The molecule has 334 valence electrons. The molecule has 0 aliphatic carbocycles. The van der Waals surface area contributed by atoms with Crippen LogP contribution in [0.1, 0.15) is 90.9 Å². The van der Waals surface area contributed by atoms with Crippen molar-refractivity contribution in [1.29, 1.82) is 0 Å². The lowest BCUT2D eigenvalue weighted by Crippen LogP contribution is -2.60. The Morgan fingerprint density at radius 1 is 0.567 bits per heavy atom. The Morgan fingerprint density at radius 3 is 1.45 bits per heavy atom. The van der Waals surface area contributed by atoms with Crippen LogP contribution in [0.15, 0.2) is 134 Å². The van der Waals surface area contributed by atoms with Crippen LogP contribution < -0.4 is 0 Å². The van der Waals surface area contributed by atoms with Crippen molar-refractivity contribution in [2.75, 3.05) is 19.0 Å².